The maximum Gasteiger partial charge on any atom is 0.254 e. The predicted molar refractivity (Wildman–Crippen MR) is 93.7 cm³/mol. The minimum Gasteiger partial charge on any atom is -0.351 e. The van der Waals surface area contributed by atoms with Crippen LogP contribution in [0.15, 0.2) is 18.2 Å². The molecule has 0 bridgehead atoms. The number of piperazine rings is 1. The van der Waals surface area contributed by atoms with Gasteiger partial charge in [0, 0.05) is 51.3 Å². The van der Waals surface area contributed by atoms with E-state index < -0.39 is 17.5 Å². The van der Waals surface area contributed by atoms with Gasteiger partial charge in [-0.05, 0) is 25.0 Å². The molecule has 0 atom stereocenters. The first kappa shape index (κ1) is 18.8. The molecule has 1 aliphatic heterocycles. The molecule has 2 amide bonds. The molecule has 3 rings (SSSR count). The molecule has 1 saturated heterocycles. The maximum atomic E-state index is 13.6. The fraction of sp³-hybridized carbons (Fsp3) is 0.579. The third kappa shape index (κ3) is 4.58. The molecule has 0 aromatic heterocycles. The van der Waals surface area contributed by atoms with Crippen LogP contribution in [0.3, 0.4) is 0 Å². The van der Waals surface area contributed by atoms with E-state index in [-0.39, 0.29) is 24.4 Å². The van der Waals surface area contributed by atoms with Crippen molar-refractivity contribution in [3.05, 3.63) is 35.4 Å². The summed E-state index contributed by atoms with van der Waals surface area (Å²) >= 11 is 0. The Hall–Kier alpha value is -2.02. The highest BCUT2D eigenvalue weighted by molar-refractivity contribution is 5.94. The lowest BCUT2D eigenvalue weighted by atomic mass is 10.1. The first-order valence-electron chi connectivity index (χ1n) is 9.29. The summed E-state index contributed by atoms with van der Waals surface area (Å²) in [7, 11) is 0. The lowest BCUT2D eigenvalue weighted by Crippen LogP contribution is -2.51. The standard InChI is InChI=1S/C19H25F2N3O2/c20-14-5-6-16(17(21)13-14)19(26)22-8-7-18(25)24-11-9-23(10-12-24)15-3-1-2-4-15/h5-6,13,15H,1-4,7-12H2,(H,22,26). The Kier molecular flexibility index (Phi) is 6.19. The quantitative estimate of drug-likeness (QED) is 0.870. The third-order valence-corrected chi connectivity index (χ3v) is 5.31. The Morgan fingerprint density at radius 1 is 1.08 bits per heavy atom. The first-order chi connectivity index (χ1) is 12.5. The van der Waals surface area contributed by atoms with E-state index in [9.17, 15) is 18.4 Å². The van der Waals surface area contributed by atoms with Crippen LogP contribution in [-0.2, 0) is 4.79 Å². The fourth-order valence-corrected chi connectivity index (χ4v) is 3.82. The Morgan fingerprint density at radius 3 is 2.42 bits per heavy atom. The number of hydrogen-bond donors (Lipinski definition) is 1. The van der Waals surface area contributed by atoms with Crippen molar-refractivity contribution in [3.8, 4) is 0 Å². The van der Waals surface area contributed by atoms with Gasteiger partial charge in [0.2, 0.25) is 5.91 Å². The second-order valence-corrected chi connectivity index (χ2v) is 6.99. The minimum atomic E-state index is -0.906. The van der Waals surface area contributed by atoms with Gasteiger partial charge < -0.3 is 10.2 Å². The summed E-state index contributed by atoms with van der Waals surface area (Å²) in [4.78, 5) is 28.5. The Bertz CT molecular complexity index is 654. The molecule has 1 saturated carbocycles. The van der Waals surface area contributed by atoms with E-state index >= 15 is 0 Å². The van der Waals surface area contributed by atoms with Crippen LogP contribution in [-0.4, -0.2) is 60.4 Å². The molecular formula is C19H25F2N3O2. The molecule has 1 aromatic carbocycles. The van der Waals surface area contributed by atoms with Gasteiger partial charge in [-0.2, -0.15) is 0 Å². The molecule has 142 valence electrons. The second kappa shape index (κ2) is 8.58. The molecule has 26 heavy (non-hydrogen) atoms. The van der Waals surface area contributed by atoms with Gasteiger partial charge in [-0.25, -0.2) is 8.78 Å². The normalized spacial score (nSPS) is 18.9. The summed E-state index contributed by atoms with van der Waals surface area (Å²) in [6.45, 7) is 3.39. The average molecular weight is 365 g/mol. The molecule has 1 heterocycles. The van der Waals surface area contributed by atoms with Gasteiger partial charge in [0.15, 0.2) is 0 Å². The van der Waals surface area contributed by atoms with Crippen molar-refractivity contribution in [2.75, 3.05) is 32.7 Å². The van der Waals surface area contributed by atoms with Gasteiger partial charge in [-0.15, -0.1) is 0 Å². The number of carbonyl (C=O) groups excluding carboxylic acids is 2. The average Bonchev–Trinajstić information content (AvgIpc) is 3.16. The molecular weight excluding hydrogens is 340 g/mol. The summed E-state index contributed by atoms with van der Waals surface area (Å²) in [5.74, 6) is -2.28. The van der Waals surface area contributed by atoms with Gasteiger partial charge in [0.25, 0.3) is 5.91 Å². The predicted octanol–water partition coefficient (Wildman–Crippen LogP) is 2.17. The van der Waals surface area contributed by atoms with E-state index in [0.29, 0.717) is 12.1 Å². The highest BCUT2D eigenvalue weighted by Crippen LogP contribution is 2.24. The molecule has 1 N–H and O–H groups in total. The second-order valence-electron chi connectivity index (χ2n) is 6.99. The van der Waals surface area contributed by atoms with Crippen LogP contribution in [0.25, 0.3) is 0 Å². The van der Waals surface area contributed by atoms with Crippen LogP contribution in [0.5, 0.6) is 0 Å². The Labute approximate surface area is 152 Å². The van der Waals surface area contributed by atoms with E-state index in [1.807, 2.05) is 4.90 Å². The molecule has 5 nitrogen and oxygen atoms in total. The van der Waals surface area contributed by atoms with Crippen molar-refractivity contribution in [3.63, 3.8) is 0 Å². The molecule has 1 aromatic rings. The van der Waals surface area contributed by atoms with E-state index in [1.165, 1.54) is 25.7 Å². The van der Waals surface area contributed by atoms with Gasteiger partial charge in [0.05, 0.1) is 5.56 Å². The SMILES string of the molecule is O=C(NCCC(=O)N1CCN(C2CCCC2)CC1)c1ccc(F)cc1F. The third-order valence-electron chi connectivity index (χ3n) is 5.31. The number of halogens is 2. The summed E-state index contributed by atoms with van der Waals surface area (Å²) in [6, 6.07) is 3.48. The van der Waals surface area contributed by atoms with Crippen molar-refractivity contribution in [1.29, 1.82) is 0 Å². The van der Waals surface area contributed by atoms with Crippen molar-refractivity contribution in [2.24, 2.45) is 0 Å². The summed E-state index contributed by atoms with van der Waals surface area (Å²) in [6.07, 6.45) is 5.31. The van der Waals surface area contributed by atoms with E-state index in [0.717, 1.165) is 38.3 Å². The minimum absolute atomic E-state index is 0.00375. The van der Waals surface area contributed by atoms with Crippen LogP contribution >= 0.6 is 0 Å². The lowest BCUT2D eigenvalue weighted by molar-refractivity contribution is -0.133. The van der Waals surface area contributed by atoms with E-state index in [4.69, 9.17) is 0 Å². The monoisotopic (exact) mass is 365 g/mol. The number of rotatable bonds is 5. The van der Waals surface area contributed by atoms with E-state index in [2.05, 4.69) is 10.2 Å². The maximum absolute atomic E-state index is 13.6. The van der Waals surface area contributed by atoms with Crippen LogP contribution in [0, 0.1) is 11.6 Å². The van der Waals surface area contributed by atoms with Gasteiger partial charge in [0.1, 0.15) is 11.6 Å². The first-order valence-corrected chi connectivity index (χ1v) is 9.29. The number of nitrogens with zero attached hydrogens (tertiary/aromatic N) is 2. The zero-order valence-electron chi connectivity index (χ0n) is 14.8. The van der Waals surface area contributed by atoms with Gasteiger partial charge in [-0.3, -0.25) is 14.5 Å². The fourth-order valence-electron chi connectivity index (χ4n) is 3.82. The highest BCUT2D eigenvalue weighted by Gasteiger charge is 2.27. The van der Waals surface area contributed by atoms with E-state index in [1.54, 1.807) is 0 Å². The van der Waals surface area contributed by atoms with Crippen LogP contribution in [0.4, 0.5) is 8.78 Å². The van der Waals surface area contributed by atoms with Crippen LogP contribution in [0.2, 0.25) is 0 Å². The topological polar surface area (TPSA) is 52.7 Å². The number of benzene rings is 1. The molecule has 0 spiro atoms. The molecule has 0 unspecified atom stereocenters. The zero-order chi connectivity index (χ0) is 18.5. The van der Waals surface area contributed by atoms with Crippen molar-refractivity contribution >= 4 is 11.8 Å². The van der Waals surface area contributed by atoms with Crippen molar-refractivity contribution in [1.82, 2.24) is 15.1 Å². The van der Waals surface area contributed by atoms with Crippen LogP contribution in [0.1, 0.15) is 42.5 Å². The molecule has 2 fully saturated rings. The largest absolute Gasteiger partial charge is 0.351 e. The molecule has 7 heteroatoms. The Morgan fingerprint density at radius 2 is 1.77 bits per heavy atom. The van der Waals surface area contributed by atoms with Gasteiger partial charge >= 0.3 is 0 Å². The zero-order valence-corrected chi connectivity index (χ0v) is 14.8. The Balaban J connectivity index is 1.39. The van der Waals surface area contributed by atoms with Crippen molar-refractivity contribution < 1.29 is 18.4 Å². The molecule has 2 aliphatic rings. The summed E-state index contributed by atoms with van der Waals surface area (Å²) < 4.78 is 26.4. The highest BCUT2D eigenvalue weighted by atomic mass is 19.1. The summed E-state index contributed by atoms with van der Waals surface area (Å²) in [5, 5.41) is 2.52. The number of hydrogen-bond acceptors (Lipinski definition) is 3. The number of carbonyl (C=O) groups is 2. The smallest absolute Gasteiger partial charge is 0.254 e. The number of nitrogens with one attached hydrogen (secondary N) is 1. The molecule has 1 aliphatic carbocycles. The lowest BCUT2D eigenvalue weighted by Gasteiger charge is -2.38. The van der Waals surface area contributed by atoms with Crippen LogP contribution < -0.4 is 5.32 Å². The van der Waals surface area contributed by atoms with Crippen molar-refractivity contribution in [2.45, 2.75) is 38.1 Å². The van der Waals surface area contributed by atoms with Gasteiger partial charge in [-0.1, -0.05) is 12.8 Å². The molecule has 0 radical (unpaired) electrons. The number of amides is 2. The summed E-state index contributed by atoms with van der Waals surface area (Å²) in [5.41, 5.74) is -0.218.